The van der Waals surface area contributed by atoms with Gasteiger partial charge in [-0.1, -0.05) is 29.5 Å². The van der Waals surface area contributed by atoms with Crippen molar-refractivity contribution in [1.82, 2.24) is 24.4 Å². The second kappa shape index (κ2) is 10.5. The highest BCUT2D eigenvalue weighted by molar-refractivity contribution is 7.15. The van der Waals surface area contributed by atoms with E-state index in [4.69, 9.17) is 14.6 Å². The first kappa shape index (κ1) is 24.6. The second-order valence-corrected chi connectivity index (χ2v) is 9.68. The smallest absolute Gasteiger partial charge is 0.291 e. The van der Waals surface area contributed by atoms with E-state index in [-0.39, 0.29) is 5.56 Å². The molecule has 8 nitrogen and oxygen atoms in total. The van der Waals surface area contributed by atoms with Crippen molar-refractivity contribution < 1.29 is 9.47 Å². The number of ether oxygens (including phenoxy) is 2. The monoisotopic (exact) mass is 535 g/mol. The van der Waals surface area contributed by atoms with Gasteiger partial charge in [0.25, 0.3) is 5.56 Å². The minimum atomic E-state index is -0.218. The van der Waals surface area contributed by atoms with Gasteiger partial charge in [0.1, 0.15) is 17.2 Å². The number of thiazole rings is 1. The minimum Gasteiger partial charge on any atom is -0.494 e. The van der Waals surface area contributed by atoms with Crippen LogP contribution in [0.3, 0.4) is 0 Å². The highest BCUT2D eigenvalue weighted by atomic mass is 32.1. The van der Waals surface area contributed by atoms with Gasteiger partial charge in [-0.25, -0.2) is 4.68 Å². The molecule has 0 atom stereocenters. The maximum atomic E-state index is 13.3. The molecule has 0 fully saturated rings. The molecule has 3 aromatic carbocycles. The molecule has 0 saturated carbocycles. The van der Waals surface area contributed by atoms with Gasteiger partial charge in [0.15, 0.2) is 5.82 Å². The van der Waals surface area contributed by atoms with Crippen LogP contribution in [0.2, 0.25) is 0 Å². The van der Waals surface area contributed by atoms with Gasteiger partial charge in [-0.15, -0.1) is 5.10 Å². The topological polar surface area (TPSA) is 83.5 Å². The molecule has 0 aliphatic heterocycles. The molecule has 6 aromatic rings. The fourth-order valence-electron chi connectivity index (χ4n) is 4.27. The van der Waals surface area contributed by atoms with Gasteiger partial charge in [0.2, 0.25) is 4.96 Å². The lowest BCUT2D eigenvalue weighted by atomic mass is 10.1. The van der Waals surface area contributed by atoms with Crippen molar-refractivity contribution in [3.8, 4) is 39.8 Å². The molecule has 0 N–H and O–H groups in total. The first-order valence-electron chi connectivity index (χ1n) is 12.7. The molecule has 194 valence electrons. The summed E-state index contributed by atoms with van der Waals surface area (Å²) >= 11 is 1.30. The first-order valence-corrected chi connectivity index (χ1v) is 13.5. The van der Waals surface area contributed by atoms with Gasteiger partial charge >= 0.3 is 0 Å². The van der Waals surface area contributed by atoms with E-state index in [1.54, 1.807) is 0 Å². The lowest BCUT2D eigenvalue weighted by Gasteiger charge is -2.04. The molecule has 3 aromatic heterocycles. The molecule has 6 rings (SSSR count). The van der Waals surface area contributed by atoms with E-state index < -0.39 is 0 Å². The number of aromatic nitrogens is 5. The van der Waals surface area contributed by atoms with Crippen LogP contribution in [-0.2, 0) is 0 Å². The highest BCUT2D eigenvalue weighted by Crippen LogP contribution is 2.27. The van der Waals surface area contributed by atoms with E-state index in [1.165, 1.54) is 15.9 Å². The molecule has 0 spiro atoms. The van der Waals surface area contributed by atoms with E-state index in [0.717, 1.165) is 39.6 Å². The summed E-state index contributed by atoms with van der Waals surface area (Å²) < 4.78 is 14.8. The predicted molar refractivity (Wildman–Crippen MR) is 153 cm³/mol. The van der Waals surface area contributed by atoms with Crippen LogP contribution in [-0.4, -0.2) is 37.6 Å². The van der Waals surface area contributed by atoms with Crippen molar-refractivity contribution in [1.29, 1.82) is 0 Å². The fraction of sp³-hybridized carbons (Fsp3) is 0.133. The summed E-state index contributed by atoms with van der Waals surface area (Å²) in [6, 6.07) is 25.2. The lowest BCUT2D eigenvalue weighted by molar-refractivity contribution is 0.340. The van der Waals surface area contributed by atoms with Gasteiger partial charge in [-0.05, 0) is 80.6 Å². The van der Waals surface area contributed by atoms with Crippen LogP contribution in [0.1, 0.15) is 19.4 Å². The summed E-state index contributed by atoms with van der Waals surface area (Å²) in [5.74, 6) is 2.08. The lowest BCUT2D eigenvalue weighted by Crippen LogP contribution is -2.23. The van der Waals surface area contributed by atoms with Crippen LogP contribution in [0.5, 0.6) is 11.5 Å². The summed E-state index contributed by atoms with van der Waals surface area (Å²) in [7, 11) is 0. The largest absolute Gasteiger partial charge is 0.494 e. The Balaban J connectivity index is 1.41. The average Bonchev–Trinajstić information content (AvgIpc) is 3.66. The van der Waals surface area contributed by atoms with E-state index in [0.29, 0.717) is 28.5 Å². The van der Waals surface area contributed by atoms with Crippen LogP contribution >= 0.6 is 11.3 Å². The van der Waals surface area contributed by atoms with Crippen molar-refractivity contribution >= 4 is 22.4 Å². The third-order valence-corrected chi connectivity index (χ3v) is 7.05. The molecule has 3 heterocycles. The van der Waals surface area contributed by atoms with E-state index in [9.17, 15) is 4.79 Å². The van der Waals surface area contributed by atoms with Crippen molar-refractivity contribution in [2.45, 2.75) is 13.8 Å². The Morgan fingerprint density at radius 1 is 0.821 bits per heavy atom. The highest BCUT2D eigenvalue weighted by Gasteiger charge is 2.15. The van der Waals surface area contributed by atoms with Crippen molar-refractivity contribution in [2.75, 3.05) is 13.2 Å². The Morgan fingerprint density at radius 3 is 2.08 bits per heavy atom. The van der Waals surface area contributed by atoms with Crippen LogP contribution < -0.4 is 19.6 Å². The Kier molecular flexibility index (Phi) is 6.64. The number of nitrogens with zero attached hydrogens (tertiary/aromatic N) is 5. The number of hydrogen-bond acceptors (Lipinski definition) is 7. The number of fused-ring (bicyclic) bond motifs is 1. The predicted octanol–water partition coefficient (Wildman–Crippen LogP) is 5.02. The van der Waals surface area contributed by atoms with Crippen LogP contribution in [0.4, 0.5) is 0 Å². The zero-order chi connectivity index (χ0) is 26.8. The third-order valence-electron chi connectivity index (χ3n) is 6.09. The van der Waals surface area contributed by atoms with Gasteiger partial charge in [0.05, 0.1) is 23.4 Å². The normalized spacial score (nSPS) is 11.8. The van der Waals surface area contributed by atoms with Crippen LogP contribution in [0, 0.1) is 0 Å². The Morgan fingerprint density at radius 2 is 1.46 bits per heavy atom. The summed E-state index contributed by atoms with van der Waals surface area (Å²) in [6.45, 7) is 5.09. The van der Waals surface area contributed by atoms with Crippen molar-refractivity contribution in [3.63, 3.8) is 0 Å². The van der Waals surface area contributed by atoms with Gasteiger partial charge in [0, 0.05) is 22.9 Å². The summed E-state index contributed by atoms with van der Waals surface area (Å²) in [5, 5.41) is 9.36. The molecular formula is C30H25N5O3S. The Hall–Kier alpha value is -4.76. The minimum absolute atomic E-state index is 0.218. The van der Waals surface area contributed by atoms with E-state index in [2.05, 4.69) is 10.1 Å². The fourth-order valence-corrected chi connectivity index (χ4v) is 5.17. The third kappa shape index (κ3) is 4.92. The molecule has 0 unspecified atom stereocenters. The standard InChI is InChI=1S/C30H25N5O3S/c1-3-37-24-14-10-20(11-15-24)27-22(19-34(32-27)23-8-6-5-7-9-23)18-26-29(36)35-30(39-26)31-28(33-35)21-12-16-25(17-13-21)38-4-2/h5-19H,3-4H2,1-2H3. The molecular weight excluding hydrogens is 510 g/mol. The number of para-hydroxylation sites is 1. The van der Waals surface area contributed by atoms with Gasteiger partial charge in [-0.2, -0.15) is 14.6 Å². The molecule has 9 heteroatoms. The molecule has 0 radical (unpaired) electrons. The summed E-state index contributed by atoms with van der Waals surface area (Å²) in [5.41, 5.74) is 4.02. The Labute approximate surface area is 228 Å². The quantitative estimate of drug-likeness (QED) is 0.272. The zero-order valence-corrected chi connectivity index (χ0v) is 22.3. The van der Waals surface area contributed by atoms with Crippen LogP contribution in [0.25, 0.3) is 39.4 Å². The first-order chi connectivity index (χ1) is 19.1. The average molecular weight is 536 g/mol. The van der Waals surface area contributed by atoms with Gasteiger partial charge in [-0.3, -0.25) is 4.79 Å². The SMILES string of the molecule is CCOc1ccc(-c2nc3sc(=Cc4cn(-c5ccccc5)nc4-c4ccc(OCC)cc4)c(=O)n3n2)cc1. The zero-order valence-electron chi connectivity index (χ0n) is 21.4. The molecule has 0 aliphatic carbocycles. The van der Waals surface area contributed by atoms with Crippen molar-refractivity contribution in [2.24, 2.45) is 0 Å². The molecule has 0 aliphatic rings. The van der Waals surface area contributed by atoms with Crippen molar-refractivity contribution in [3.05, 3.63) is 106 Å². The Bertz CT molecular complexity index is 1840. The molecule has 0 saturated heterocycles. The maximum absolute atomic E-state index is 13.3. The number of hydrogen-bond donors (Lipinski definition) is 0. The summed E-state index contributed by atoms with van der Waals surface area (Å²) in [6.07, 6.45) is 3.79. The van der Waals surface area contributed by atoms with Gasteiger partial charge < -0.3 is 9.47 Å². The summed E-state index contributed by atoms with van der Waals surface area (Å²) in [4.78, 5) is 18.5. The second-order valence-electron chi connectivity index (χ2n) is 8.67. The van der Waals surface area contributed by atoms with E-state index in [1.807, 2.05) is 110 Å². The number of rotatable bonds is 8. The van der Waals surface area contributed by atoms with Crippen LogP contribution in [0.15, 0.2) is 89.9 Å². The maximum Gasteiger partial charge on any atom is 0.291 e. The number of benzene rings is 3. The molecule has 39 heavy (non-hydrogen) atoms. The molecule has 0 amide bonds. The van der Waals surface area contributed by atoms with E-state index >= 15 is 0 Å². The molecule has 0 bridgehead atoms.